The number of esters is 2. The van der Waals surface area contributed by atoms with Crippen LogP contribution in [0, 0.1) is 0 Å². The third-order valence-electron chi connectivity index (χ3n) is 16.5. The Bertz CT molecular complexity index is 2210. The number of carbonyl (C=O) groups excluding carboxylic acids is 2. The van der Waals surface area contributed by atoms with Gasteiger partial charge in [0.25, 0.3) is 6.29 Å². The standard InChI is InChI=1S/C88H145NO8/c1-6-8-10-12-14-16-18-20-22-24-26-28-30-32-34-36-38-40-42-43-45-47-49-51-53-55-57-59-61-63-65-67-69-71-73-75-77-79-86(91)97-84(83-96-88(87(92)93)94-81-80-89(3,4)5)82-95-85(90)78-76-74-72-70-68-66-64-62-60-58-56-54-52-50-48-46-44-41-39-37-35-33-31-29-27-25-23-21-19-17-15-13-11-9-7-2/h8-11,14-17,20-23,26-29,32-35,38-41,43,45,49,51,84,88H,6-7,12-13,18-19,24-25,30-31,36-37,42,44,46-48,50,52-83H2,1-5H3/p+1/b10-8-,11-9-,16-14-,17-15-,22-20-,23-21-,28-26-,29-27-,34-32-,35-33-,40-38-,41-39-,45-43-,51-49-. The summed E-state index contributed by atoms with van der Waals surface area (Å²) in [5.41, 5.74) is 0. The Morgan fingerprint density at radius 2 is 0.557 bits per heavy atom. The molecule has 0 aliphatic rings. The zero-order valence-corrected chi connectivity index (χ0v) is 62.9. The Morgan fingerprint density at radius 3 is 0.825 bits per heavy atom. The average molecular weight is 1350 g/mol. The molecule has 9 nitrogen and oxygen atoms in total. The zero-order valence-electron chi connectivity index (χ0n) is 62.9. The monoisotopic (exact) mass is 1350 g/mol. The normalized spacial score (nSPS) is 13.6. The maximum absolute atomic E-state index is 13.0. The highest BCUT2D eigenvalue weighted by molar-refractivity contribution is 5.71. The van der Waals surface area contributed by atoms with Crippen molar-refractivity contribution in [3.05, 3.63) is 170 Å². The number of carboxylic acids is 1. The van der Waals surface area contributed by atoms with E-state index in [0.717, 1.165) is 128 Å². The molecule has 0 aliphatic carbocycles. The van der Waals surface area contributed by atoms with Crippen LogP contribution in [-0.2, 0) is 33.3 Å². The average Bonchev–Trinajstić information content (AvgIpc) is 3.11. The molecular weight excluding hydrogens is 1200 g/mol. The Morgan fingerprint density at radius 1 is 0.309 bits per heavy atom. The van der Waals surface area contributed by atoms with Gasteiger partial charge in [-0.3, -0.25) is 9.59 Å². The number of unbranched alkanes of at least 4 members (excludes halogenated alkanes) is 28. The van der Waals surface area contributed by atoms with Crippen LogP contribution in [0.15, 0.2) is 170 Å². The minimum absolute atomic E-state index is 0.181. The molecule has 0 saturated heterocycles. The first-order chi connectivity index (χ1) is 47.6. The van der Waals surface area contributed by atoms with Crippen LogP contribution in [0.25, 0.3) is 0 Å². The Hall–Kier alpha value is -5.35. The van der Waals surface area contributed by atoms with Gasteiger partial charge < -0.3 is 28.5 Å². The summed E-state index contributed by atoms with van der Waals surface area (Å²) in [6.07, 6.45) is 112. The molecule has 0 bridgehead atoms. The van der Waals surface area contributed by atoms with Crippen molar-refractivity contribution in [2.24, 2.45) is 0 Å². The lowest BCUT2D eigenvalue weighted by molar-refractivity contribution is -0.870. The van der Waals surface area contributed by atoms with Crippen LogP contribution in [0.5, 0.6) is 0 Å². The first-order valence-corrected chi connectivity index (χ1v) is 39.3. The second kappa shape index (κ2) is 76.4. The van der Waals surface area contributed by atoms with Gasteiger partial charge in [-0.15, -0.1) is 0 Å². The van der Waals surface area contributed by atoms with Crippen molar-refractivity contribution in [2.45, 2.75) is 322 Å². The van der Waals surface area contributed by atoms with Gasteiger partial charge in [0.1, 0.15) is 13.2 Å². The summed E-state index contributed by atoms with van der Waals surface area (Å²) in [5.74, 6) is -2.01. The molecule has 0 spiro atoms. The maximum Gasteiger partial charge on any atom is 0.361 e. The summed E-state index contributed by atoms with van der Waals surface area (Å²) in [4.78, 5) is 37.7. The van der Waals surface area contributed by atoms with Crippen LogP contribution in [0.4, 0.5) is 0 Å². The molecule has 97 heavy (non-hydrogen) atoms. The molecule has 0 fully saturated rings. The van der Waals surface area contributed by atoms with Crippen LogP contribution in [0.3, 0.4) is 0 Å². The summed E-state index contributed by atoms with van der Waals surface area (Å²) < 4.78 is 23.0. The smallest absolute Gasteiger partial charge is 0.361 e. The van der Waals surface area contributed by atoms with E-state index in [2.05, 4.69) is 184 Å². The molecule has 0 amide bonds. The number of hydrogen-bond acceptors (Lipinski definition) is 7. The van der Waals surface area contributed by atoms with E-state index in [-0.39, 0.29) is 32.2 Å². The van der Waals surface area contributed by atoms with E-state index in [1.54, 1.807) is 0 Å². The fourth-order valence-corrected chi connectivity index (χ4v) is 10.6. The molecule has 0 radical (unpaired) electrons. The highest BCUT2D eigenvalue weighted by Crippen LogP contribution is 2.17. The quantitative estimate of drug-likeness (QED) is 0.0211. The Labute approximate surface area is 597 Å². The molecule has 550 valence electrons. The van der Waals surface area contributed by atoms with Crippen molar-refractivity contribution in [2.75, 3.05) is 47.5 Å². The summed E-state index contributed by atoms with van der Waals surface area (Å²) in [6, 6.07) is 0. The van der Waals surface area contributed by atoms with Crippen molar-refractivity contribution in [3.8, 4) is 0 Å². The number of likely N-dealkylation sites (N-methyl/N-ethyl adjacent to an activating group) is 1. The number of ether oxygens (including phenoxy) is 4. The first kappa shape index (κ1) is 91.6. The summed E-state index contributed by atoms with van der Waals surface area (Å²) in [5, 5.41) is 9.78. The number of allylic oxidation sites excluding steroid dienone is 28. The van der Waals surface area contributed by atoms with Crippen LogP contribution < -0.4 is 0 Å². The SMILES string of the molecule is CC/C=C\C/C=C\C/C=C\C/C=C\C/C=C\C/C=C\C/C=C\C/C=C\CCCCCCCCCCCCCCC(=O)OC(COC(=O)CCCCCCCCCCCCCCCCCC/C=C\C/C=C\C/C=C\C/C=C\C/C=C\C/C=C\CC)COC(OCC[N+](C)(C)C)C(=O)O. The van der Waals surface area contributed by atoms with Crippen LogP contribution >= 0.6 is 0 Å². The van der Waals surface area contributed by atoms with Crippen LogP contribution in [0.2, 0.25) is 0 Å². The van der Waals surface area contributed by atoms with Crippen LogP contribution in [0.1, 0.15) is 309 Å². The largest absolute Gasteiger partial charge is 0.477 e. The second-order valence-electron chi connectivity index (χ2n) is 26.9. The van der Waals surface area contributed by atoms with Gasteiger partial charge in [-0.05, 0) is 128 Å². The number of quaternary nitrogens is 1. The van der Waals surface area contributed by atoms with E-state index < -0.39 is 24.3 Å². The lowest BCUT2D eigenvalue weighted by Gasteiger charge is -2.25. The zero-order chi connectivity index (χ0) is 70.4. The Kier molecular flexibility index (Phi) is 72.2. The van der Waals surface area contributed by atoms with E-state index in [0.29, 0.717) is 23.9 Å². The molecule has 0 rings (SSSR count). The number of hydrogen-bond donors (Lipinski definition) is 1. The third kappa shape index (κ3) is 77.9. The first-order valence-electron chi connectivity index (χ1n) is 39.3. The minimum atomic E-state index is -1.52. The summed E-state index contributed by atoms with van der Waals surface area (Å²) in [6.45, 7) is 4.66. The van der Waals surface area contributed by atoms with E-state index >= 15 is 0 Å². The predicted molar refractivity (Wildman–Crippen MR) is 419 cm³/mol. The summed E-state index contributed by atoms with van der Waals surface area (Å²) in [7, 11) is 5.98. The van der Waals surface area contributed by atoms with Gasteiger partial charge in [-0.1, -0.05) is 338 Å². The highest BCUT2D eigenvalue weighted by atomic mass is 16.7. The lowest BCUT2D eigenvalue weighted by atomic mass is 10.0. The van der Waals surface area contributed by atoms with Crippen molar-refractivity contribution < 1.29 is 42.9 Å². The Balaban J connectivity index is 4.09. The number of carboxylic acid groups (broad SMARTS) is 1. The molecule has 0 aromatic heterocycles. The third-order valence-corrected chi connectivity index (χ3v) is 16.5. The molecule has 0 aromatic carbocycles. The van der Waals surface area contributed by atoms with E-state index in [1.165, 1.54) is 148 Å². The fourth-order valence-electron chi connectivity index (χ4n) is 10.6. The molecule has 0 heterocycles. The maximum atomic E-state index is 13.0. The molecule has 0 aromatic rings. The summed E-state index contributed by atoms with van der Waals surface area (Å²) >= 11 is 0. The van der Waals surface area contributed by atoms with Gasteiger partial charge in [0.15, 0.2) is 6.10 Å². The van der Waals surface area contributed by atoms with E-state index in [1.807, 2.05) is 21.1 Å². The van der Waals surface area contributed by atoms with Gasteiger partial charge >= 0.3 is 17.9 Å². The number of carbonyl (C=O) groups is 3. The van der Waals surface area contributed by atoms with Crippen molar-refractivity contribution >= 4 is 17.9 Å². The molecule has 1 N–H and O–H groups in total. The molecular formula is C88H146NO8+. The predicted octanol–water partition coefficient (Wildman–Crippen LogP) is 25.4. The van der Waals surface area contributed by atoms with Gasteiger partial charge in [0, 0.05) is 12.8 Å². The van der Waals surface area contributed by atoms with Gasteiger partial charge in [-0.2, -0.15) is 0 Å². The van der Waals surface area contributed by atoms with Crippen LogP contribution in [-0.4, -0.2) is 87.4 Å². The minimum Gasteiger partial charge on any atom is -0.477 e. The van der Waals surface area contributed by atoms with Crippen molar-refractivity contribution in [1.29, 1.82) is 0 Å². The van der Waals surface area contributed by atoms with Gasteiger partial charge in [-0.25, -0.2) is 4.79 Å². The number of rotatable bonds is 71. The van der Waals surface area contributed by atoms with Gasteiger partial charge in [0.2, 0.25) is 0 Å². The van der Waals surface area contributed by atoms with Crippen molar-refractivity contribution in [1.82, 2.24) is 0 Å². The molecule has 0 aliphatic heterocycles. The molecule has 2 unspecified atom stereocenters. The van der Waals surface area contributed by atoms with E-state index in [9.17, 15) is 19.5 Å². The van der Waals surface area contributed by atoms with Crippen molar-refractivity contribution in [3.63, 3.8) is 0 Å². The second-order valence-corrected chi connectivity index (χ2v) is 26.9. The molecule has 2 atom stereocenters. The highest BCUT2D eigenvalue weighted by Gasteiger charge is 2.25. The lowest BCUT2D eigenvalue weighted by Crippen LogP contribution is -2.40. The molecule has 0 saturated carbocycles. The van der Waals surface area contributed by atoms with Gasteiger partial charge in [0.05, 0.1) is 34.4 Å². The fraction of sp³-hybridized carbons (Fsp3) is 0.648. The molecule has 9 heteroatoms. The topological polar surface area (TPSA) is 108 Å². The number of aliphatic carboxylic acids is 1. The van der Waals surface area contributed by atoms with E-state index in [4.69, 9.17) is 18.9 Å². The number of nitrogens with zero attached hydrogens (tertiary/aromatic N) is 1.